The molecule has 58 heavy (non-hydrogen) atoms. The van der Waals surface area contributed by atoms with Gasteiger partial charge in [0.15, 0.2) is 5.82 Å². The van der Waals surface area contributed by atoms with Crippen molar-refractivity contribution in [1.29, 1.82) is 0 Å². The average molecular weight is 787 g/mol. The van der Waals surface area contributed by atoms with Gasteiger partial charge in [0, 0.05) is 48.8 Å². The Hall–Kier alpha value is -7.17. The van der Waals surface area contributed by atoms with Gasteiger partial charge in [-0.2, -0.15) is 5.10 Å². The van der Waals surface area contributed by atoms with Crippen LogP contribution in [0, 0.1) is 0 Å². The lowest BCUT2D eigenvalue weighted by Gasteiger charge is -2.35. The van der Waals surface area contributed by atoms with E-state index in [2.05, 4.69) is 15.2 Å². The van der Waals surface area contributed by atoms with Gasteiger partial charge in [0.05, 0.1) is 46.5 Å². The molecule has 4 N–H and O–H groups in total. The number of carbonyl (C=O) groups is 2. The third-order valence-electron chi connectivity index (χ3n) is 11.1. The number of carbonyl (C=O) groups excluding carboxylic acids is 2. The fraction of sp³-hybridized carbons (Fsp3) is 0.293. The molecule has 1 unspecified atom stereocenters. The number of fused-ring (bicyclic) bond motifs is 5. The minimum atomic E-state index is -1.45. The Morgan fingerprint density at radius 2 is 1.78 bits per heavy atom. The summed E-state index contributed by atoms with van der Waals surface area (Å²) in [5, 5.41) is 38.5. The van der Waals surface area contributed by atoms with Crippen molar-refractivity contribution in [2.75, 3.05) is 31.1 Å². The molecule has 1 fully saturated rings. The molecule has 1 amide bonds. The molecule has 0 saturated carbocycles. The first kappa shape index (κ1) is 36.5. The van der Waals surface area contributed by atoms with Crippen LogP contribution in [0.5, 0.6) is 17.2 Å². The van der Waals surface area contributed by atoms with Gasteiger partial charge in [0.2, 0.25) is 6.10 Å². The maximum absolute atomic E-state index is 13.9. The van der Waals surface area contributed by atoms with Gasteiger partial charge in [-0.25, -0.2) is 34.0 Å². The summed E-state index contributed by atoms with van der Waals surface area (Å²) in [6.07, 6.45) is -0.0377. The van der Waals surface area contributed by atoms with Crippen molar-refractivity contribution in [1.82, 2.24) is 34.2 Å². The molecule has 3 aliphatic rings. The van der Waals surface area contributed by atoms with Crippen molar-refractivity contribution < 1.29 is 34.4 Å². The van der Waals surface area contributed by atoms with Crippen LogP contribution in [0.4, 0.5) is 10.6 Å². The molecule has 0 spiro atoms. The maximum atomic E-state index is 13.9. The topological polar surface area (TPSA) is 218 Å². The van der Waals surface area contributed by atoms with E-state index in [0.29, 0.717) is 53.5 Å². The molecule has 296 valence electrons. The summed E-state index contributed by atoms with van der Waals surface area (Å²) < 4.78 is 14.0. The van der Waals surface area contributed by atoms with E-state index in [9.17, 15) is 34.5 Å². The molecule has 0 aliphatic carbocycles. The summed E-state index contributed by atoms with van der Waals surface area (Å²) in [4.78, 5) is 66.4. The van der Waals surface area contributed by atoms with Gasteiger partial charge in [0.25, 0.3) is 5.56 Å². The molecule has 2 aromatic carbocycles. The van der Waals surface area contributed by atoms with E-state index in [0.717, 1.165) is 16.5 Å². The molecular weight excluding hydrogens is 748 g/mol. The van der Waals surface area contributed by atoms with E-state index >= 15 is 0 Å². The Kier molecular flexibility index (Phi) is 8.67. The predicted octanol–water partition coefficient (Wildman–Crippen LogP) is 4.22. The van der Waals surface area contributed by atoms with Crippen LogP contribution in [0.25, 0.3) is 39.4 Å². The Labute approximate surface area is 329 Å². The summed E-state index contributed by atoms with van der Waals surface area (Å²) in [5.74, 6) is -0.273. The molecule has 7 heterocycles. The molecule has 0 radical (unpaired) electrons. The van der Waals surface area contributed by atoms with Crippen molar-refractivity contribution >= 4 is 28.8 Å². The number of anilines is 1. The third kappa shape index (κ3) is 5.88. The van der Waals surface area contributed by atoms with Gasteiger partial charge in [-0.3, -0.25) is 4.79 Å². The van der Waals surface area contributed by atoms with Crippen LogP contribution in [0.3, 0.4) is 0 Å². The number of aromatic hydroxyl groups is 3. The Balaban J connectivity index is 0.915. The smallest absolute Gasteiger partial charge is 0.411 e. The molecule has 9 rings (SSSR count). The molecule has 17 heteroatoms. The van der Waals surface area contributed by atoms with Gasteiger partial charge in [-0.1, -0.05) is 20.8 Å². The van der Waals surface area contributed by atoms with Crippen molar-refractivity contribution in [3.05, 3.63) is 103 Å². The number of aryl methyl sites for hydroxylation is 1. The first-order valence-electron chi connectivity index (χ1n) is 18.9. The zero-order valence-corrected chi connectivity index (χ0v) is 31.7. The Morgan fingerprint density at radius 3 is 2.50 bits per heavy atom. The number of cyclic esters (lactones) is 1. The second kappa shape index (κ2) is 13.8. The summed E-state index contributed by atoms with van der Waals surface area (Å²) in [6, 6.07) is 12.9. The van der Waals surface area contributed by atoms with Crippen molar-refractivity contribution in [2.24, 2.45) is 0 Å². The zero-order valence-electron chi connectivity index (χ0n) is 31.7. The Bertz CT molecular complexity index is 2800. The zero-order chi connectivity index (χ0) is 40.6. The lowest BCUT2D eigenvalue weighted by Crippen LogP contribution is -2.49. The highest BCUT2D eigenvalue weighted by molar-refractivity contribution is 5.89. The number of hydrogen-bond donors (Lipinski definition) is 4. The number of piperazine rings is 1. The van der Waals surface area contributed by atoms with Crippen LogP contribution < -0.4 is 16.1 Å². The summed E-state index contributed by atoms with van der Waals surface area (Å²) in [7, 11) is 0. The van der Waals surface area contributed by atoms with E-state index in [1.807, 2.05) is 25.7 Å². The van der Waals surface area contributed by atoms with Crippen LogP contribution in [-0.4, -0.2) is 87.8 Å². The number of hydrogen-bond acceptors (Lipinski definition) is 13. The van der Waals surface area contributed by atoms with E-state index in [4.69, 9.17) is 14.5 Å². The highest BCUT2D eigenvalue weighted by atomic mass is 16.6. The van der Waals surface area contributed by atoms with E-state index < -0.39 is 23.9 Å². The van der Waals surface area contributed by atoms with Gasteiger partial charge < -0.3 is 39.2 Å². The second-order valence-electron chi connectivity index (χ2n) is 14.8. The van der Waals surface area contributed by atoms with Crippen LogP contribution >= 0.6 is 0 Å². The number of aromatic nitrogens is 6. The molecule has 17 nitrogen and oxygen atoms in total. The number of pyridine rings is 3. The number of benzene rings is 2. The molecule has 1 saturated heterocycles. The van der Waals surface area contributed by atoms with Gasteiger partial charge >= 0.3 is 17.8 Å². The highest BCUT2D eigenvalue weighted by Gasteiger charge is 2.39. The number of nitrogens with one attached hydrogen (secondary N) is 1. The number of amides is 1. The molecule has 6 aromatic rings. The first-order chi connectivity index (χ1) is 27.9. The number of H-pyrrole nitrogens is 1. The minimum absolute atomic E-state index is 0.0555. The van der Waals surface area contributed by atoms with Crippen LogP contribution in [-0.2, 0) is 33.8 Å². The predicted molar refractivity (Wildman–Crippen MR) is 209 cm³/mol. The van der Waals surface area contributed by atoms with Gasteiger partial charge in [0.1, 0.15) is 29.7 Å². The number of esters is 1. The van der Waals surface area contributed by atoms with E-state index in [1.165, 1.54) is 21.7 Å². The monoisotopic (exact) mass is 786 g/mol. The van der Waals surface area contributed by atoms with Gasteiger partial charge in [-0.15, -0.1) is 0 Å². The van der Waals surface area contributed by atoms with E-state index in [1.54, 1.807) is 47.0 Å². The largest absolute Gasteiger partial charge is 0.508 e. The lowest BCUT2D eigenvalue weighted by molar-refractivity contribution is -0.158. The van der Waals surface area contributed by atoms with Crippen LogP contribution in [0.1, 0.15) is 60.6 Å². The first-order valence-corrected chi connectivity index (χ1v) is 18.9. The lowest BCUT2D eigenvalue weighted by atomic mass is 9.97. The van der Waals surface area contributed by atoms with E-state index in [-0.39, 0.29) is 77.5 Å². The fourth-order valence-corrected chi connectivity index (χ4v) is 8.14. The summed E-state index contributed by atoms with van der Waals surface area (Å²) >= 11 is 0. The number of aromatic amines is 1. The standard InChI is InChI=1S/C41H38N8O9/c1-4-23-25-13-22(50)6-7-30(25)43-35-28(23)18-48-31(35)15-26-29(38(48)53)19-57-39(54)36(26)58-41(56)47-11-9-46(10-12-47)34-8-5-21(17-42-34)49-37(44-45-40(49)55)27-14-24(20(2)3)32(51)16-33(27)52/h5-8,13-17,20,36,50-52H,4,9-12,18-19H2,1-3H3,(H,45,55). The highest BCUT2D eigenvalue weighted by Crippen LogP contribution is 2.40. The fourth-order valence-electron chi connectivity index (χ4n) is 8.14. The molecule has 3 aliphatic heterocycles. The van der Waals surface area contributed by atoms with Crippen LogP contribution in [0.2, 0.25) is 0 Å². The Morgan fingerprint density at radius 1 is 0.983 bits per heavy atom. The third-order valence-corrected chi connectivity index (χ3v) is 11.1. The maximum Gasteiger partial charge on any atom is 0.411 e. The van der Waals surface area contributed by atoms with Crippen molar-refractivity contribution in [3.8, 4) is 45.7 Å². The number of phenolic OH excluding ortho intramolecular Hbond substituents is 3. The normalized spacial score (nSPS) is 16.0. The molecular formula is C41H38N8O9. The van der Waals surface area contributed by atoms with Crippen LogP contribution in [0.15, 0.2) is 64.3 Å². The number of rotatable bonds is 6. The van der Waals surface area contributed by atoms with Gasteiger partial charge in [-0.05, 0) is 65.9 Å². The average Bonchev–Trinajstić information content (AvgIpc) is 3.78. The molecule has 1 atom stereocenters. The summed E-state index contributed by atoms with van der Waals surface area (Å²) in [5.41, 5.74) is 4.44. The van der Waals surface area contributed by atoms with Crippen molar-refractivity contribution in [3.63, 3.8) is 0 Å². The quantitative estimate of drug-likeness (QED) is 0.174. The summed E-state index contributed by atoms with van der Waals surface area (Å²) in [6.45, 7) is 7.06. The molecule has 4 aromatic heterocycles. The van der Waals surface area contributed by atoms with Crippen molar-refractivity contribution in [2.45, 2.75) is 52.4 Å². The number of phenols is 3. The second-order valence-corrected chi connectivity index (χ2v) is 14.8. The SMILES string of the molecule is CCc1c2c(nc3ccc(O)cc13)-c1cc3c(c(=O)n1C2)COC(=O)C3OC(=O)N1CCN(c2ccc(-n3c(-c4cc(C(C)C)c(O)cc4O)n[nH]c3=O)cn2)CC1. The molecule has 0 bridgehead atoms. The number of nitrogens with zero attached hydrogens (tertiary/aromatic N) is 7. The number of ether oxygens (including phenoxy) is 2. The minimum Gasteiger partial charge on any atom is -0.508 e.